The smallest absolute Gasteiger partial charge is 0.154 e. The predicted octanol–water partition coefficient (Wildman–Crippen LogP) is 3.74. The van der Waals surface area contributed by atoms with Gasteiger partial charge in [0.2, 0.25) is 0 Å². The second-order valence-corrected chi connectivity index (χ2v) is 6.25. The summed E-state index contributed by atoms with van der Waals surface area (Å²) in [5.74, 6) is 0.752. The summed E-state index contributed by atoms with van der Waals surface area (Å²) < 4.78 is 2.82. The van der Waals surface area contributed by atoms with Gasteiger partial charge in [-0.15, -0.1) is 0 Å². The van der Waals surface area contributed by atoms with Gasteiger partial charge < -0.3 is 0 Å². The van der Waals surface area contributed by atoms with E-state index in [1.54, 1.807) is 0 Å². The van der Waals surface area contributed by atoms with Gasteiger partial charge >= 0.3 is 0 Å². The summed E-state index contributed by atoms with van der Waals surface area (Å²) in [6, 6.07) is 14.2. The van der Waals surface area contributed by atoms with Gasteiger partial charge in [0, 0.05) is 9.86 Å². The Bertz CT molecular complexity index is 887. The molecule has 0 unspecified atom stereocenters. The molecule has 2 aromatic heterocycles. The fourth-order valence-electron chi connectivity index (χ4n) is 2.53. The molecule has 0 spiro atoms. The number of pyridine rings is 1. The summed E-state index contributed by atoms with van der Waals surface area (Å²) in [5.41, 5.74) is 1.47. The van der Waals surface area contributed by atoms with Crippen LogP contribution in [0.25, 0.3) is 16.7 Å². The van der Waals surface area contributed by atoms with Crippen molar-refractivity contribution in [3.63, 3.8) is 0 Å². The van der Waals surface area contributed by atoms with Crippen LogP contribution in [0.15, 0.2) is 47.1 Å². The van der Waals surface area contributed by atoms with Crippen LogP contribution in [0.2, 0.25) is 0 Å². The Morgan fingerprint density at radius 3 is 2.86 bits per heavy atom. The number of fused-ring (bicyclic) bond motifs is 1. The highest BCUT2D eigenvalue weighted by atomic mass is 79.9. The molecule has 0 bridgehead atoms. The third-order valence-corrected chi connectivity index (χ3v) is 4.43. The maximum atomic E-state index is 9.32. The SMILES string of the molecule is N#CC1(c2cccc(-n3ncc4ccc(Br)cc43)n2)CC1. The van der Waals surface area contributed by atoms with E-state index in [0.717, 1.165) is 39.7 Å². The van der Waals surface area contributed by atoms with Crippen LogP contribution in [0, 0.1) is 11.3 Å². The van der Waals surface area contributed by atoms with Gasteiger partial charge in [-0.05, 0) is 37.1 Å². The minimum absolute atomic E-state index is 0.375. The minimum atomic E-state index is -0.375. The van der Waals surface area contributed by atoms with Crippen molar-refractivity contribution in [1.29, 1.82) is 5.26 Å². The monoisotopic (exact) mass is 338 g/mol. The molecule has 21 heavy (non-hydrogen) atoms. The molecule has 1 saturated carbocycles. The molecule has 0 N–H and O–H groups in total. The van der Waals surface area contributed by atoms with Crippen LogP contribution in [0.3, 0.4) is 0 Å². The third kappa shape index (κ3) is 1.95. The van der Waals surface area contributed by atoms with Crippen LogP contribution >= 0.6 is 15.9 Å². The van der Waals surface area contributed by atoms with Crippen molar-refractivity contribution in [3.05, 3.63) is 52.8 Å². The molecule has 0 saturated heterocycles. The standard InChI is InChI=1S/C16H11BrN4/c17-12-5-4-11-9-19-21(13(11)8-12)15-3-1-2-14(20-15)16(10-18)6-7-16/h1-5,8-9H,6-7H2. The molecule has 4 nitrogen and oxygen atoms in total. The highest BCUT2D eigenvalue weighted by molar-refractivity contribution is 9.10. The third-order valence-electron chi connectivity index (χ3n) is 3.94. The lowest BCUT2D eigenvalue weighted by Crippen LogP contribution is -2.09. The Morgan fingerprint density at radius 2 is 2.10 bits per heavy atom. The second kappa shape index (κ2) is 4.40. The molecule has 0 aliphatic heterocycles. The summed E-state index contributed by atoms with van der Waals surface area (Å²) in [5, 5.41) is 14.8. The largest absolute Gasteiger partial charge is 0.232 e. The van der Waals surface area contributed by atoms with E-state index in [1.807, 2.05) is 47.3 Å². The fourth-order valence-corrected chi connectivity index (χ4v) is 2.88. The van der Waals surface area contributed by atoms with Gasteiger partial charge in [0.25, 0.3) is 0 Å². The van der Waals surface area contributed by atoms with E-state index in [0.29, 0.717) is 0 Å². The zero-order valence-electron chi connectivity index (χ0n) is 11.1. The van der Waals surface area contributed by atoms with Crippen molar-refractivity contribution in [1.82, 2.24) is 14.8 Å². The van der Waals surface area contributed by atoms with Crippen LogP contribution in [0.5, 0.6) is 0 Å². The van der Waals surface area contributed by atoms with E-state index in [2.05, 4.69) is 32.1 Å². The first-order valence-corrected chi connectivity index (χ1v) is 7.54. The number of rotatable bonds is 2. The first-order chi connectivity index (χ1) is 10.2. The van der Waals surface area contributed by atoms with Gasteiger partial charge in [-0.25, -0.2) is 9.67 Å². The Kier molecular flexibility index (Phi) is 2.63. The Morgan fingerprint density at radius 1 is 1.24 bits per heavy atom. The lowest BCUT2D eigenvalue weighted by atomic mass is 10.0. The van der Waals surface area contributed by atoms with Crippen LogP contribution < -0.4 is 0 Å². The number of nitriles is 1. The molecular formula is C16H11BrN4. The van der Waals surface area contributed by atoms with Gasteiger partial charge in [0.15, 0.2) is 5.82 Å². The molecule has 4 rings (SSSR count). The van der Waals surface area contributed by atoms with E-state index in [-0.39, 0.29) is 5.41 Å². The van der Waals surface area contributed by atoms with Crippen LogP contribution in [0.4, 0.5) is 0 Å². The second-order valence-electron chi connectivity index (χ2n) is 5.33. The van der Waals surface area contributed by atoms with E-state index in [1.165, 1.54) is 0 Å². The summed E-state index contributed by atoms with van der Waals surface area (Å²) in [6.07, 6.45) is 3.62. The minimum Gasteiger partial charge on any atom is -0.232 e. The number of nitrogens with zero attached hydrogens (tertiary/aromatic N) is 4. The van der Waals surface area contributed by atoms with Crippen molar-refractivity contribution in [3.8, 4) is 11.9 Å². The Balaban J connectivity index is 1.88. The maximum absolute atomic E-state index is 9.32. The summed E-state index contributed by atoms with van der Waals surface area (Å²) in [6.45, 7) is 0. The molecule has 5 heteroatoms. The van der Waals surface area contributed by atoms with Crippen molar-refractivity contribution in [2.24, 2.45) is 0 Å². The van der Waals surface area contributed by atoms with Crippen molar-refractivity contribution < 1.29 is 0 Å². The summed E-state index contributed by atoms with van der Waals surface area (Å²) in [7, 11) is 0. The molecule has 3 aromatic rings. The van der Waals surface area contributed by atoms with Crippen molar-refractivity contribution >= 4 is 26.8 Å². The molecule has 1 aliphatic rings. The van der Waals surface area contributed by atoms with Crippen molar-refractivity contribution in [2.75, 3.05) is 0 Å². The van der Waals surface area contributed by atoms with Crippen LogP contribution in [-0.2, 0) is 5.41 Å². The molecular weight excluding hydrogens is 328 g/mol. The van der Waals surface area contributed by atoms with E-state index in [9.17, 15) is 5.26 Å². The van der Waals surface area contributed by atoms with Gasteiger partial charge in [-0.2, -0.15) is 10.4 Å². The zero-order chi connectivity index (χ0) is 14.4. The predicted molar refractivity (Wildman–Crippen MR) is 83.1 cm³/mol. The maximum Gasteiger partial charge on any atom is 0.154 e. The molecule has 0 atom stereocenters. The van der Waals surface area contributed by atoms with Crippen LogP contribution in [0.1, 0.15) is 18.5 Å². The zero-order valence-corrected chi connectivity index (χ0v) is 12.7. The quantitative estimate of drug-likeness (QED) is 0.715. The first-order valence-electron chi connectivity index (χ1n) is 6.74. The number of benzene rings is 1. The lowest BCUT2D eigenvalue weighted by molar-refractivity contribution is 0.809. The summed E-state index contributed by atoms with van der Waals surface area (Å²) in [4.78, 5) is 4.66. The number of hydrogen-bond donors (Lipinski definition) is 0. The van der Waals surface area contributed by atoms with E-state index >= 15 is 0 Å². The average molecular weight is 339 g/mol. The topological polar surface area (TPSA) is 54.5 Å². The first kappa shape index (κ1) is 12.5. The van der Waals surface area contributed by atoms with Gasteiger partial charge in [0.1, 0.15) is 0 Å². The van der Waals surface area contributed by atoms with Gasteiger partial charge in [-0.1, -0.05) is 28.1 Å². The highest BCUT2D eigenvalue weighted by Gasteiger charge is 2.46. The average Bonchev–Trinajstić information content (AvgIpc) is 3.21. The molecule has 1 aromatic carbocycles. The highest BCUT2D eigenvalue weighted by Crippen LogP contribution is 2.46. The van der Waals surface area contributed by atoms with E-state index in [4.69, 9.17) is 0 Å². The van der Waals surface area contributed by atoms with Crippen molar-refractivity contribution in [2.45, 2.75) is 18.3 Å². The normalized spacial score (nSPS) is 15.8. The fraction of sp³-hybridized carbons (Fsp3) is 0.188. The number of hydrogen-bond acceptors (Lipinski definition) is 3. The summed E-state index contributed by atoms with van der Waals surface area (Å²) >= 11 is 3.49. The molecule has 102 valence electrons. The molecule has 2 heterocycles. The molecule has 1 fully saturated rings. The van der Waals surface area contributed by atoms with E-state index < -0.39 is 0 Å². The molecule has 1 aliphatic carbocycles. The number of aromatic nitrogens is 3. The van der Waals surface area contributed by atoms with Gasteiger partial charge in [-0.3, -0.25) is 0 Å². The van der Waals surface area contributed by atoms with Gasteiger partial charge in [0.05, 0.1) is 28.9 Å². The molecule has 0 amide bonds. The lowest BCUT2D eigenvalue weighted by Gasteiger charge is -2.08. The van der Waals surface area contributed by atoms with Crippen LogP contribution in [-0.4, -0.2) is 14.8 Å². The Hall–Kier alpha value is -2.19. The molecule has 0 radical (unpaired) electrons. The Labute approximate surface area is 130 Å². The number of halogens is 1.